The fraction of sp³-hybridized carbons (Fsp3) is 0.929. The highest BCUT2D eigenvalue weighted by atomic mass is 32.2. The summed E-state index contributed by atoms with van der Waals surface area (Å²) in [6, 6.07) is 0. The Morgan fingerprint density at radius 2 is 2.11 bits per heavy atom. The molecule has 1 saturated carbocycles. The number of rotatable bonds is 5. The van der Waals surface area contributed by atoms with Crippen LogP contribution in [-0.4, -0.2) is 36.5 Å². The van der Waals surface area contributed by atoms with Gasteiger partial charge >= 0.3 is 0 Å². The number of carbonyl (C=O) groups is 1. The molecule has 2 fully saturated rings. The number of nitrogens with one attached hydrogen (secondary N) is 2. The lowest BCUT2D eigenvalue weighted by Gasteiger charge is -2.41. The summed E-state index contributed by atoms with van der Waals surface area (Å²) in [4.78, 5) is 12.6. The molecule has 1 heterocycles. The first-order chi connectivity index (χ1) is 8.55. The van der Waals surface area contributed by atoms with E-state index in [1.807, 2.05) is 11.8 Å². The Morgan fingerprint density at radius 1 is 1.39 bits per heavy atom. The SMILES string of the molecule is CSC1(CNC(=O)C2(C(C)C)CCNC2)CCC1. The number of thioether (sulfide) groups is 1. The monoisotopic (exact) mass is 270 g/mol. The molecule has 1 aliphatic heterocycles. The molecule has 104 valence electrons. The van der Waals surface area contributed by atoms with Crippen LogP contribution in [0, 0.1) is 11.3 Å². The van der Waals surface area contributed by atoms with Gasteiger partial charge in [-0.2, -0.15) is 11.8 Å². The molecule has 1 atom stereocenters. The number of hydrogen-bond acceptors (Lipinski definition) is 3. The summed E-state index contributed by atoms with van der Waals surface area (Å²) in [6.45, 7) is 6.99. The molecule has 0 spiro atoms. The molecule has 1 amide bonds. The molecule has 0 aromatic rings. The topological polar surface area (TPSA) is 41.1 Å². The molecule has 0 aromatic carbocycles. The largest absolute Gasteiger partial charge is 0.354 e. The van der Waals surface area contributed by atoms with Crippen molar-refractivity contribution in [2.45, 2.75) is 44.3 Å². The van der Waals surface area contributed by atoms with Gasteiger partial charge in [-0.3, -0.25) is 4.79 Å². The van der Waals surface area contributed by atoms with Crippen molar-refractivity contribution in [2.75, 3.05) is 25.9 Å². The third-order valence-electron chi connectivity index (χ3n) is 5.01. The molecule has 4 heteroatoms. The smallest absolute Gasteiger partial charge is 0.227 e. The highest BCUT2D eigenvalue weighted by molar-refractivity contribution is 8.00. The van der Waals surface area contributed by atoms with Crippen LogP contribution in [0.25, 0.3) is 0 Å². The Morgan fingerprint density at radius 3 is 2.50 bits per heavy atom. The Balaban J connectivity index is 1.94. The molecule has 2 rings (SSSR count). The number of amides is 1. The van der Waals surface area contributed by atoms with E-state index in [0.29, 0.717) is 10.7 Å². The molecular weight excluding hydrogens is 244 g/mol. The van der Waals surface area contributed by atoms with Gasteiger partial charge in [0.15, 0.2) is 0 Å². The zero-order chi connectivity index (χ0) is 13.2. The average molecular weight is 270 g/mol. The Labute approximate surface area is 115 Å². The van der Waals surface area contributed by atoms with Gasteiger partial charge in [-0.05, 0) is 38.0 Å². The quantitative estimate of drug-likeness (QED) is 0.803. The predicted octanol–water partition coefficient (Wildman–Crippen LogP) is 2.02. The van der Waals surface area contributed by atoms with E-state index in [4.69, 9.17) is 0 Å². The molecule has 18 heavy (non-hydrogen) atoms. The maximum absolute atomic E-state index is 12.6. The van der Waals surface area contributed by atoms with E-state index in [1.54, 1.807) is 0 Å². The fourth-order valence-corrected chi connectivity index (χ4v) is 4.02. The van der Waals surface area contributed by atoms with E-state index in [9.17, 15) is 4.79 Å². The second-order valence-corrected chi connectivity index (χ2v) is 7.44. The van der Waals surface area contributed by atoms with Crippen molar-refractivity contribution < 1.29 is 4.79 Å². The zero-order valence-corrected chi connectivity index (χ0v) is 12.7. The molecule has 2 aliphatic rings. The summed E-state index contributed by atoms with van der Waals surface area (Å²) in [5.41, 5.74) is -0.177. The maximum atomic E-state index is 12.6. The van der Waals surface area contributed by atoms with Gasteiger partial charge in [0.25, 0.3) is 0 Å². The van der Waals surface area contributed by atoms with Gasteiger partial charge in [0, 0.05) is 17.8 Å². The minimum atomic E-state index is -0.177. The first-order valence-electron chi connectivity index (χ1n) is 7.09. The molecule has 0 bridgehead atoms. The van der Waals surface area contributed by atoms with E-state index in [1.165, 1.54) is 19.3 Å². The van der Waals surface area contributed by atoms with Gasteiger partial charge in [-0.1, -0.05) is 20.3 Å². The molecule has 1 aliphatic carbocycles. The third kappa shape index (κ3) is 2.42. The third-order valence-corrected chi connectivity index (χ3v) is 6.43. The van der Waals surface area contributed by atoms with Crippen molar-refractivity contribution in [3.05, 3.63) is 0 Å². The summed E-state index contributed by atoms with van der Waals surface area (Å²) in [5, 5.41) is 6.59. The molecule has 2 N–H and O–H groups in total. The number of hydrogen-bond donors (Lipinski definition) is 2. The zero-order valence-electron chi connectivity index (χ0n) is 11.8. The van der Waals surface area contributed by atoms with E-state index in [0.717, 1.165) is 26.1 Å². The molecule has 1 saturated heterocycles. The molecule has 0 radical (unpaired) electrons. The van der Waals surface area contributed by atoms with Crippen LogP contribution in [0.3, 0.4) is 0 Å². The summed E-state index contributed by atoms with van der Waals surface area (Å²) in [7, 11) is 0. The van der Waals surface area contributed by atoms with Crippen LogP contribution in [-0.2, 0) is 4.79 Å². The molecule has 0 aromatic heterocycles. The first kappa shape index (κ1) is 14.2. The average Bonchev–Trinajstić information content (AvgIpc) is 2.78. The summed E-state index contributed by atoms with van der Waals surface area (Å²) >= 11 is 1.92. The van der Waals surface area contributed by atoms with Crippen molar-refractivity contribution in [2.24, 2.45) is 11.3 Å². The summed E-state index contributed by atoms with van der Waals surface area (Å²) in [6.07, 6.45) is 6.96. The van der Waals surface area contributed by atoms with Crippen LogP contribution >= 0.6 is 11.8 Å². The van der Waals surface area contributed by atoms with Crippen molar-refractivity contribution in [1.29, 1.82) is 0 Å². The van der Waals surface area contributed by atoms with Gasteiger partial charge in [-0.25, -0.2) is 0 Å². The lowest BCUT2D eigenvalue weighted by Crippen LogP contribution is -2.51. The molecular formula is C14H26N2OS. The van der Waals surface area contributed by atoms with Gasteiger partial charge in [0.05, 0.1) is 5.41 Å². The fourth-order valence-electron chi connectivity index (χ4n) is 3.10. The van der Waals surface area contributed by atoms with E-state index < -0.39 is 0 Å². The van der Waals surface area contributed by atoms with Gasteiger partial charge < -0.3 is 10.6 Å². The van der Waals surface area contributed by atoms with Crippen molar-refractivity contribution in [3.8, 4) is 0 Å². The predicted molar refractivity (Wildman–Crippen MR) is 77.9 cm³/mol. The summed E-state index contributed by atoms with van der Waals surface area (Å²) < 4.78 is 0.333. The van der Waals surface area contributed by atoms with E-state index in [-0.39, 0.29) is 11.3 Å². The number of carbonyl (C=O) groups excluding carboxylic acids is 1. The van der Waals surface area contributed by atoms with Gasteiger partial charge in [0.2, 0.25) is 5.91 Å². The maximum Gasteiger partial charge on any atom is 0.227 e. The van der Waals surface area contributed by atoms with E-state index >= 15 is 0 Å². The Kier molecular flexibility index (Phi) is 4.27. The van der Waals surface area contributed by atoms with Crippen LogP contribution in [0.2, 0.25) is 0 Å². The molecule has 3 nitrogen and oxygen atoms in total. The van der Waals surface area contributed by atoms with Crippen LogP contribution in [0.5, 0.6) is 0 Å². The van der Waals surface area contributed by atoms with E-state index in [2.05, 4.69) is 30.7 Å². The van der Waals surface area contributed by atoms with Crippen LogP contribution in [0.1, 0.15) is 39.5 Å². The van der Waals surface area contributed by atoms with Crippen LogP contribution in [0.4, 0.5) is 0 Å². The molecule has 1 unspecified atom stereocenters. The van der Waals surface area contributed by atoms with Crippen molar-refractivity contribution in [1.82, 2.24) is 10.6 Å². The first-order valence-corrected chi connectivity index (χ1v) is 8.31. The Hall–Kier alpha value is -0.220. The standard InChI is InChI=1S/C14H26N2OS/c1-11(2)14(7-8-15-10-14)12(17)16-9-13(18-3)5-4-6-13/h11,15H,4-10H2,1-3H3,(H,16,17). The van der Waals surface area contributed by atoms with Gasteiger partial charge in [-0.15, -0.1) is 0 Å². The van der Waals surface area contributed by atoms with Crippen molar-refractivity contribution >= 4 is 17.7 Å². The Bertz CT molecular complexity index is 301. The lowest BCUT2D eigenvalue weighted by atomic mass is 9.75. The van der Waals surface area contributed by atoms with Crippen LogP contribution < -0.4 is 10.6 Å². The van der Waals surface area contributed by atoms with Crippen molar-refractivity contribution in [3.63, 3.8) is 0 Å². The lowest BCUT2D eigenvalue weighted by molar-refractivity contribution is -0.132. The minimum absolute atomic E-state index is 0.177. The highest BCUT2D eigenvalue weighted by Gasteiger charge is 2.45. The van der Waals surface area contributed by atoms with Gasteiger partial charge in [0.1, 0.15) is 0 Å². The highest BCUT2D eigenvalue weighted by Crippen LogP contribution is 2.42. The normalized spacial score (nSPS) is 30.2. The van der Waals surface area contributed by atoms with Crippen LogP contribution in [0.15, 0.2) is 0 Å². The minimum Gasteiger partial charge on any atom is -0.354 e. The summed E-state index contributed by atoms with van der Waals surface area (Å²) in [5.74, 6) is 0.668. The second kappa shape index (κ2) is 5.41. The second-order valence-electron chi connectivity index (χ2n) is 6.16.